The van der Waals surface area contributed by atoms with Crippen LogP contribution >= 0.6 is 27.3 Å². The molecule has 114 valence electrons. The number of rotatable bonds is 5. The summed E-state index contributed by atoms with van der Waals surface area (Å²) in [5.74, 6) is 0. The van der Waals surface area contributed by atoms with Gasteiger partial charge in [0, 0.05) is 22.4 Å². The van der Waals surface area contributed by atoms with Gasteiger partial charge in [0.05, 0.1) is 5.69 Å². The maximum Gasteiger partial charge on any atom is 0.271 e. The van der Waals surface area contributed by atoms with Gasteiger partial charge in [-0.3, -0.25) is 4.72 Å². The van der Waals surface area contributed by atoms with E-state index in [4.69, 9.17) is 5.11 Å². The van der Waals surface area contributed by atoms with Gasteiger partial charge in [-0.1, -0.05) is 15.9 Å². The first-order chi connectivity index (χ1) is 9.83. The van der Waals surface area contributed by atoms with E-state index in [9.17, 15) is 8.42 Å². The van der Waals surface area contributed by atoms with Gasteiger partial charge < -0.3 is 5.11 Å². The second-order valence-corrected chi connectivity index (χ2v) is 8.71. The van der Waals surface area contributed by atoms with Crippen LogP contribution in [0, 0.1) is 13.8 Å². The highest BCUT2D eigenvalue weighted by Crippen LogP contribution is 2.29. The zero-order valence-electron chi connectivity index (χ0n) is 11.7. The molecule has 0 aliphatic rings. The lowest BCUT2D eigenvalue weighted by molar-refractivity contribution is 0.300. The largest absolute Gasteiger partial charge is 0.396 e. The Balaban J connectivity index is 2.33. The third-order valence-electron chi connectivity index (χ3n) is 2.99. The Hall–Kier alpha value is -0.890. The molecule has 2 N–H and O–H groups in total. The molecule has 7 heteroatoms. The van der Waals surface area contributed by atoms with Crippen molar-refractivity contribution in [1.29, 1.82) is 0 Å². The van der Waals surface area contributed by atoms with E-state index in [1.54, 1.807) is 12.1 Å². The summed E-state index contributed by atoms with van der Waals surface area (Å²) in [6.07, 6.45) is 0.469. The Kier molecular flexibility index (Phi) is 5.08. The lowest BCUT2D eigenvalue weighted by Crippen LogP contribution is -2.13. The van der Waals surface area contributed by atoms with E-state index in [-0.39, 0.29) is 10.8 Å². The average molecular weight is 390 g/mol. The fourth-order valence-corrected chi connectivity index (χ4v) is 5.24. The quantitative estimate of drug-likeness (QED) is 0.822. The van der Waals surface area contributed by atoms with E-state index >= 15 is 0 Å². The molecule has 0 saturated heterocycles. The number of nitrogens with one attached hydrogen (secondary N) is 1. The van der Waals surface area contributed by atoms with Crippen LogP contribution in [-0.4, -0.2) is 20.1 Å². The Labute approximate surface area is 137 Å². The molecule has 1 aromatic carbocycles. The van der Waals surface area contributed by atoms with Crippen LogP contribution in [0.3, 0.4) is 0 Å². The van der Waals surface area contributed by atoms with Gasteiger partial charge in [0.15, 0.2) is 0 Å². The molecule has 0 fully saturated rings. The molecule has 1 heterocycles. The van der Waals surface area contributed by atoms with Crippen molar-refractivity contribution in [1.82, 2.24) is 0 Å². The van der Waals surface area contributed by atoms with E-state index in [1.165, 1.54) is 11.3 Å². The zero-order chi connectivity index (χ0) is 15.6. The summed E-state index contributed by atoms with van der Waals surface area (Å²) in [5, 5.41) is 8.90. The van der Waals surface area contributed by atoms with Crippen molar-refractivity contribution in [3.8, 4) is 0 Å². The second-order valence-electron chi connectivity index (χ2n) is 4.71. The number of thiophene rings is 1. The van der Waals surface area contributed by atoms with E-state index in [0.717, 1.165) is 20.5 Å². The van der Waals surface area contributed by atoms with Crippen LogP contribution in [-0.2, 0) is 16.4 Å². The summed E-state index contributed by atoms with van der Waals surface area (Å²) in [6.45, 7) is 3.74. The third-order valence-corrected chi connectivity index (χ3v) is 6.44. The highest BCUT2D eigenvalue weighted by atomic mass is 79.9. The maximum absolute atomic E-state index is 12.4. The molecular formula is C14H16BrNO3S2. The van der Waals surface area contributed by atoms with Crippen molar-refractivity contribution in [3.05, 3.63) is 44.7 Å². The number of hydrogen-bond acceptors (Lipinski definition) is 4. The first kappa shape index (κ1) is 16.5. The minimum atomic E-state index is -3.60. The van der Waals surface area contributed by atoms with Crippen molar-refractivity contribution >= 4 is 43.0 Å². The SMILES string of the molecule is Cc1cc(Br)cc(C)c1NS(=O)(=O)c1ccc(CCO)s1. The second kappa shape index (κ2) is 6.48. The van der Waals surface area contributed by atoms with Gasteiger partial charge in [-0.25, -0.2) is 8.42 Å². The summed E-state index contributed by atoms with van der Waals surface area (Å²) in [6, 6.07) is 7.05. The number of halogens is 1. The number of benzene rings is 1. The molecule has 21 heavy (non-hydrogen) atoms. The van der Waals surface area contributed by atoms with Gasteiger partial charge in [0.25, 0.3) is 10.0 Å². The summed E-state index contributed by atoms with van der Waals surface area (Å²) < 4.78 is 28.7. The van der Waals surface area contributed by atoms with E-state index in [0.29, 0.717) is 12.1 Å². The van der Waals surface area contributed by atoms with Gasteiger partial charge in [-0.2, -0.15) is 0 Å². The number of anilines is 1. The van der Waals surface area contributed by atoms with Crippen molar-refractivity contribution in [3.63, 3.8) is 0 Å². The number of aryl methyl sites for hydroxylation is 2. The van der Waals surface area contributed by atoms with Crippen molar-refractivity contribution in [2.45, 2.75) is 24.5 Å². The van der Waals surface area contributed by atoms with E-state index < -0.39 is 10.0 Å². The van der Waals surface area contributed by atoms with Gasteiger partial charge in [0.1, 0.15) is 4.21 Å². The van der Waals surface area contributed by atoms with Crippen molar-refractivity contribution < 1.29 is 13.5 Å². The van der Waals surface area contributed by atoms with Crippen LogP contribution in [0.2, 0.25) is 0 Å². The fraction of sp³-hybridized carbons (Fsp3) is 0.286. The molecule has 4 nitrogen and oxygen atoms in total. The fourth-order valence-electron chi connectivity index (χ4n) is 2.00. The molecule has 0 saturated carbocycles. The van der Waals surface area contributed by atoms with E-state index in [2.05, 4.69) is 20.7 Å². The number of aliphatic hydroxyl groups excluding tert-OH is 1. The molecule has 0 amide bonds. The van der Waals surface area contributed by atoms with Gasteiger partial charge in [0.2, 0.25) is 0 Å². The normalized spacial score (nSPS) is 11.6. The highest BCUT2D eigenvalue weighted by Gasteiger charge is 2.19. The predicted octanol–water partition coefficient (Wildman–Crippen LogP) is 3.46. The Bertz CT molecular complexity index is 730. The first-order valence-electron chi connectivity index (χ1n) is 6.32. The zero-order valence-corrected chi connectivity index (χ0v) is 14.9. The molecule has 0 atom stereocenters. The number of hydrogen-bond donors (Lipinski definition) is 2. The molecule has 1 aromatic heterocycles. The topological polar surface area (TPSA) is 66.4 Å². The molecule has 0 unspecified atom stereocenters. The molecule has 0 bridgehead atoms. The minimum absolute atomic E-state index is 0.0123. The summed E-state index contributed by atoms with van der Waals surface area (Å²) >= 11 is 4.57. The van der Waals surface area contributed by atoms with Crippen molar-refractivity contribution in [2.24, 2.45) is 0 Å². The molecule has 2 rings (SSSR count). The van der Waals surface area contributed by atoms with Crippen LogP contribution in [0.25, 0.3) is 0 Å². The van der Waals surface area contributed by atoms with Crippen LogP contribution in [0.1, 0.15) is 16.0 Å². The molecule has 0 aliphatic carbocycles. The monoisotopic (exact) mass is 389 g/mol. The Morgan fingerprint density at radius 2 is 1.86 bits per heavy atom. The Morgan fingerprint density at radius 1 is 1.24 bits per heavy atom. The first-order valence-corrected chi connectivity index (χ1v) is 9.42. The molecule has 0 aliphatic heterocycles. The predicted molar refractivity (Wildman–Crippen MR) is 89.5 cm³/mol. The Morgan fingerprint density at radius 3 is 2.43 bits per heavy atom. The smallest absolute Gasteiger partial charge is 0.271 e. The van der Waals surface area contributed by atoms with Crippen LogP contribution < -0.4 is 4.72 Å². The summed E-state index contributed by atoms with van der Waals surface area (Å²) in [4.78, 5) is 0.849. The summed E-state index contributed by atoms with van der Waals surface area (Å²) in [7, 11) is -3.60. The van der Waals surface area contributed by atoms with Crippen LogP contribution in [0.15, 0.2) is 32.9 Å². The standard InChI is InChI=1S/C14H16BrNO3S2/c1-9-7-11(15)8-10(2)14(9)16-21(18,19)13-4-3-12(20-13)5-6-17/h3-4,7-8,16-17H,5-6H2,1-2H3. The maximum atomic E-state index is 12.4. The van der Waals surface area contributed by atoms with Gasteiger partial charge >= 0.3 is 0 Å². The van der Waals surface area contributed by atoms with Crippen LogP contribution in [0.5, 0.6) is 0 Å². The minimum Gasteiger partial charge on any atom is -0.396 e. The van der Waals surface area contributed by atoms with Gasteiger partial charge in [-0.05, 0) is 49.2 Å². The van der Waals surface area contributed by atoms with Gasteiger partial charge in [-0.15, -0.1) is 11.3 Å². The van der Waals surface area contributed by atoms with Crippen LogP contribution in [0.4, 0.5) is 5.69 Å². The highest BCUT2D eigenvalue weighted by molar-refractivity contribution is 9.10. The van der Waals surface area contributed by atoms with E-state index in [1.807, 2.05) is 26.0 Å². The molecular weight excluding hydrogens is 374 g/mol. The lowest BCUT2D eigenvalue weighted by atomic mass is 10.1. The number of sulfonamides is 1. The number of aliphatic hydroxyl groups is 1. The lowest BCUT2D eigenvalue weighted by Gasteiger charge is -2.13. The molecule has 0 spiro atoms. The average Bonchev–Trinajstić information content (AvgIpc) is 2.84. The van der Waals surface area contributed by atoms with Crippen molar-refractivity contribution in [2.75, 3.05) is 11.3 Å². The molecule has 2 aromatic rings. The molecule has 0 radical (unpaired) electrons. The third kappa shape index (κ3) is 3.85. The summed E-state index contributed by atoms with van der Waals surface area (Å²) in [5.41, 5.74) is 2.32.